The summed E-state index contributed by atoms with van der Waals surface area (Å²) in [7, 11) is 2.05. The van der Waals surface area contributed by atoms with Crippen molar-refractivity contribution < 1.29 is 9.84 Å². The summed E-state index contributed by atoms with van der Waals surface area (Å²) in [5.41, 5.74) is 1.91. The first-order valence-corrected chi connectivity index (χ1v) is 9.50. The maximum Gasteiger partial charge on any atom is 0.0900 e. The van der Waals surface area contributed by atoms with Crippen molar-refractivity contribution in [3.05, 3.63) is 34.0 Å². The fourth-order valence-electron chi connectivity index (χ4n) is 4.10. The standard InChI is InChI=1S/C19H29NO2S/c1-19(2)15-7-6-14(18(19)9-15)12-22-13-16(21)10-20(3)11-17-5-4-8-23-17/h4-6,8,15-16,18,21H,7,9-13H2,1-3H3/t15-,16+,18-/m0/s1. The lowest BCUT2D eigenvalue weighted by Crippen LogP contribution is -2.48. The quantitative estimate of drug-likeness (QED) is 0.738. The summed E-state index contributed by atoms with van der Waals surface area (Å²) in [5.74, 6) is 1.56. The van der Waals surface area contributed by atoms with Gasteiger partial charge in [0.15, 0.2) is 0 Å². The molecule has 1 aromatic rings. The number of aliphatic hydroxyl groups excluding tert-OH is 1. The van der Waals surface area contributed by atoms with Crippen LogP contribution in [0, 0.1) is 17.3 Å². The van der Waals surface area contributed by atoms with Crippen LogP contribution in [0.25, 0.3) is 0 Å². The first kappa shape index (κ1) is 17.2. The second-order valence-corrected chi connectivity index (χ2v) is 8.80. The second kappa shape index (κ2) is 7.06. The Bertz CT molecular complexity index is 538. The first-order chi connectivity index (χ1) is 11.0. The van der Waals surface area contributed by atoms with E-state index in [1.165, 1.54) is 23.3 Å². The molecule has 1 heterocycles. The Morgan fingerprint density at radius 3 is 2.96 bits per heavy atom. The van der Waals surface area contributed by atoms with Crippen LogP contribution >= 0.6 is 11.3 Å². The molecule has 3 aliphatic rings. The topological polar surface area (TPSA) is 32.7 Å². The summed E-state index contributed by atoms with van der Waals surface area (Å²) in [6.45, 7) is 7.40. The SMILES string of the molecule is CN(Cc1cccs1)C[C@@H](O)COCC1=CC[C@H]2C[C@@H]1C2(C)C. The minimum absolute atomic E-state index is 0.419. The number of ether oxygens (including phenoxy) is 1. The number of hydrogen-bond acceptors (Lipinski definition) is 4. The number of likely N-dealkylation sites (N-methyl/N-ethyl adjacent to an activating group) is 1. The highest BCUT2D eigenvalue weighted by Gasteiger charge is 2.50. The van der Waals surface area contributed by atoms with Crippen LogP contribution in [0.15, 0.2) is 29.2 Å². The number of hydrogen-bond donors (Lipinski definition) is 1. The molecule has 0 aromatic carbocycles. The summed E-state index contributed by atoms with van der Waals surface area (Å²) in [5, 5.41) is 12.3. The van der Waals surface area contributed by atoms with Gasteiger partial charge in [0, 0.05) is 18.0 Å². The first-order valence-electron chi connectivity index (χ1n) is 8.62. The predicted octanol–water partition coefficient (Wildman–Crippen LogP) is 3.55. The second-order valence-electron chi connectivity index (χ2n) is 7.77. The molecule has 2 bridgehead atoms. The summed E-state index contributed by atoms with van der Waals surface area (Å²) < 4.78 is 5.82. The molecule has 23 heavy (non-hydrogen) atoms. The van der Waals surface area contributed by atoms with E-state index in [2.05, 4.69) is 42.3 Å². The van der Waals surface area contributed by atoms with Crippen molar-refractivity contribution in [1.82, 2.24) is 4.90 Å². The van der Waals surface area contributed by atoms with Crippen LogP contribution in [-0.4, -0.2) is 42.9 Å². The van der Waals surface area contributed by atoms with Gasteiger partial charge in [-0.1, -0.05) is 26.0 Å². The van der Waals surface area contributed by atoms with Gasteiger partial charge in [-0.25, -0.2) is 0 Å². The Kier molecular flexibility index (Phi) is 5.26. The van der Waals surface area contributed by atoms with Crippen molar-refractivity contribution in [3.63, 3.8) is 0 Å². The van der Waals surface area contributed by atoms with Crippen LogP contribution in [0.2, 0.25) is 0 Å². The highest BCUT2D eigenvalue weighted by Crippen LogP contribution is 2.59. The maximum absolute atomic E-state index is 10.2. The Hall–Kier alpha value is -0.680. The van der Waals surface area contributed by atoms with Gasteiger partial charge < -0.3 is 9.84 Å². The van der Waals surface area contributed by atoms with E-state index in [9.17, 15) is 5.11 Å². The number of aliphatic hydroxyl groups is 1. The molecular weight excluding hydrogens is 306 g/mol. The summed E-state index contributed by atoms with van der Waals surface area (Å²) >= 11 is 1.76. The molecule has 0 saturated heterocycles. The lowest BCUT2D eigenvalue weighted by Gasteiger charge is -2.56. The van der Waals surface area contributed by atoms with E-state index in [1.807, 2.05) is 7.05 Å². The molecule has 1 N–H and O–H groups in total. The van der Waals surface area contributed by atoms with Crippen molar-refractivity contribution in [2.24, 2.45) is 17.3 Å². The van der Waals surface area contributed by atoms with Gasteiger partial charge in [-0.15, -0.1) is 11.3 Å². The van der Waals surface area contributed by atoms with E-state index >= 15 is 0 Å². The highest BCUT2D eigenvalue weighted by molar-refractivity contribution is 7.09. The van der Waals surface area contributed by atoms with Crippen LogP contribution in [0.3, 0.4) is 0 Å². The highest BCUT2D eigenvalue weighted by atomic mass is 32.1. The third kappa shape index (κ3) is 3.87. The molecule has 1 fully saturated rings. The third-order valence-electron chi connectivity index (χ3n) is 5.69. The van der Waals surface area contributed by atoms with E-state index in [1.54, 1.807) is 11.3 Å². The predicted molar refractivity (Wildman–Crippen MR) is 95.6 cm³/mol. The lowest BCUT2D eigenvalue weighted by molar-refractivity contribution is -0.0257. The van der Waals surface area contributed by atoms with Crippen molar-refractivity contribution in [2.45, 2.75) is 39.3 Å². The van der Waals surface area contributed by atoms with Crippen molar-refractivity contribution >= 4 is 11.3 Å². The fraction of sp³-hybridized carbons (Fsp3) is 0.684. The molecule has 0 spiro atoms. The monoisotopic (exact) mass is 335 g/mol. The molecule has 0 radical (unpaired) electrons. The molecule has 3 aliphatic carbocycles. The minimum atomic E-state index is -0.425. The molecule has 1 aromatic heterocycles. The molecule has 128 valence electrons. The zero-order chi connectivity index (χ0) is 16.4. The Morgan fingerprint density at radius 1 is 1.48 bits per heavy atom. The molecule has 4 rings (SSSR count). The van der Waals surface area contributed by atoms with Gasteiger partial charge in [-0.05, 0) is 54.2 Å². The van der Waals surface area contributed by atoms with Crippen molar-refractivity contribution in [2.75, 3.05) is 26.8 Å². The molecule has 4 heteroatoms. The normalized spacial score (nSPS) is 26.7. The van der Waals surface area contributed by atoms with E-state index in [0.717, 1.165) is 12.5 Å². The number of thiophene rings is 1. The van der Waals surface area contributed by atoms with Crippen LogP contribution < -0.4 is 0 Å². The summed E-state index contributed by atoms with van der Waals surface area (Å²) in [6.07, 6.45) is 4.48. The zero-order valence-corrected chi connectivity index (χ0v) is 15.3. The summed E-state index contributed by atoms with van der Waals surface area (Å²) in [6, 6.07) is 4.20. The molecule has 0 amide bonds. The van der Waals surface area contributed by atoms with Gasteiger partial charge in [-0.2, -0.15) is 0 Å². The maximum atomic E-state index is 10.2. The zero-order valence-electron chi connectivity index (χ0n) is 14.5. The Labute approximate surface area is 144 Å². The van der Waals surface area contributed by atoms with E-state index in [0.29, 0.717) is 31.1 Å². The molecule has 1 saturated carbocycles. The van der Waals surface area contributed by atoms with Gasteiger partial charge in [-0.3, -0.25) is 4.90 Å². The van der Waals surface area contributed by atoms with Crippen molar-refractivity contribution in [3.8, 4) is 0 Å². The van der Waals surface area contributed by atoms with Crippen LogP contribution in [0.4, 0.5) is 0 Å². The molecular formula is C19H29NO2S. The Balaban J connectivity index is 1.36. The minimum Gasteiger partial charge on any atom is -0.389 e. The Morgan fingerprint density at radius 2 is 2.30 bits per heavy atom. The largest absolute Gasteiger partial charge is 0.389 e. The van der Waals surface area contributed by atoms with Crippen molar-refractivity contribution in [1.29, 1.82) is 0 Å². The van der Waals surface area contributed by atoms with E-state index < -0.39 is 6.10 Å². The molecule has 3 atom stereocenters. The molecule has 0 aliphatic heterocycles. The van der Waals surface area contributed by atoms with Crippen LogP contribution in [0.1, 0.15) is 31.6 Å². The number of fused-ring (bicyclic) bond motifs is 1. The van der Waals surface area contributed by atoms with Crippen LogP contribution in [-0.2, 0) is 11.3 Å². The number of nitrogens with zero attached hydrogens (tertiary/aromatic N) is 1. The average Bonchev–Trinajstić information content (AvgIpc) is 2.99. The average molecular weight is 336 g/mol. The van der Waals surface area contributed by atoms with Gasteiger partial charge >= 0.3 is 0 Å². The van der Waals surface area contributed by atoms with E-state index in [4.69, 9.17) is 4.74 Å². The van der Waals surface area contributed by atoms with Gasteiger partial charge in [0.25, 0.3) is 0 Å². The van der Waals surface area contributed by atoms with Gasteiger partial charge in [0.1, 0.15) is 0 Å². The molecule has 0 unspecified atom stereocenters. The molecule has 3 nitrogen and oxygen atoms in total. The fourth-order valence-corrected chi connectivity index (χ4v) is 4.88. The number of rotatable bonds is 8. The van der Waals surface area contributed by atoms with Crippen LogP contribution in [0.5, 0.6) is 0 Å². The lowest BCUT2D eigenvalue weighted by atomic mass is 9.49. The summed E-state index contributed by atoms with van der Waals surface area (Å²) in [4.78, 5) is 3.48. The third-order valence-corrected chi connectivity index (χ3v) is 6.55. The smallest absolute Gasteiger partial charge is 0.0900 e. The number of allylic oxidation sites excluding steroid dienone is 1. The van der Waals surface area contributed by atoms with Gasteiger partial charge in [0.05, 0.1) is 19.3 Å². The van der Waals surface area contributed by atoms with Gasteiger partial charge in [0.2, 0.25) is 0 Å². The van der Waals surface area contributed by atoms with E-state index in [-0.39, 0.29) is 0 Å².